The Bertz CT molecular complexity index is 567. The summed E-state index contributed by atoms with van der Waals surface area (Å²) in [5, 5.41) is 17.6. The maximum atomic E-state index is 12.2. The van der Waals surface area contributed by atoms with Crippen LogP contribution in [0.15, 0.2) is 24.3 Å². The predicted octanol–water partition coefficient (Wildman–Crippen LogP) is 2.03. The van der Waals surface area contributed by atoms with Crippen molar-refractivity contribution < 1.29 is 34.0 Å². The number of aliphatic carboxylic acids is 2. The first-order valence-electron chi connectivity index (χ1n) is 6.62. The highest BCUT2D eigenvalue weighted by atomic mass is 31.2. The Morgan fingerprint density at radius 2 is 1.82 bits per heavy atom. The lowest BCUT2D eigenvalue weighted by atomic mass is 10.1. The number of methoxy groups -OCH3 is 1. The molecule has 122 valence electrons. The highest BCUT2D eigenvalue weighted by Crippen LogP contribution is 2.47. The second-order valence-electron chi connectivity index (χ2n) is 5.00. The summed E-state index contributed by atoms with van der Waals surface area (Å²) in [5.41, 5.74) is 0.592. The van der Waals surface area contributed by atoms with Gasteiger partial charge in [-0.25, -0.2) is 0 Å². The first-order chi connectivity index (χ1) is 10.2. The molecule has 0 saturated carbocycles. The Morgan fingerprint density at radius 1 is 1.23 bits per heavy atom. The summed E-state index contributed by atoms with van der Waals surface area (Å²) in [6.07, 6.45) is -1.12. The van der Waals surface area contributed by atoms with Crippen molar-refractivity contribution in [3.63, 3.8) is 0 Å². The Kier molecular flexibility index (Phi) is 6.59. The number of hydrogen-bond acceptors (Lipinski definition) is 4. The van der Waals surface area contributed by atoms with Crippen LogP contribution in [0, 0.1) is 5.92 Å². The third kappa shape index (κ3) is 6.28. The minimum Gasteiger partial charge on any atom is -0.497 e. The summed E-state index contributed by atoms with van der Waals surface area (Å²) in [6.45, 7) is 0. The maximum Gasteiger partial charge on any atom is 0.307 e. The first-order valence-corrected chi connectivity index (χ1v) is 8.65. The van der Waals surface area contributed by atoms with Crippen LogP contribution in [0.3, 0.4) is 0 Å². The van der Waals surface area contributed by atoms with Gasteiger partial charge in [0.05, 0.1) is 13.0 Å². The monoisotopic (exact) mass is 330 g/mol. The van der Waals surface area contributed by atoms with Crippen LogP contribution in [0.25, 0.3) is 0 Å². The molecule has 1 aromatic carbocycles. The van der Waals surface area contributed by atoms with E-state index in [4.69, 9.17) is 14.9 Å². The molecule has 0 saturated heterocycles. The molecule has 0 bridgehead atoms. The van der Waals surface area contributed by atoms with Crippen molar-refractivity contribution >= 4 is 19.3 Å². The quantitative estimate of drug-likeness (QED) is 0.592. The second kappa shape index (κ2) is 7.96. The van der Waals surface area contributed by atoms with Gasteiger partial charge in [-0.15, -0.1) is 0 Å². The van der Waals surface area contributed by atoms with Gasteiger partial charge in [-0.2, -0.15) is 0 Å². The summed E-state index contributed by atoms with van der Waals surface area (Å²) in [6, 6.07) is 6.56. The van der Waals surface area contributed by atoms with Crippen LogP contribution in [0.5, 0.6) is 5.75 Å². The fourth-order valence-electron chi connectivity index (χ4n) is 2.02. The predicted molar refractivity (Wildman–Crippen MR) is 79.4 cm³/mol. The van der Waals surface area contributed by atoms with Gasteiger partial charge in [-0.1, -0.05) is 12.1 Å². The Labute approximate surface area is 128 Å². The molecule has 1 aromatic rings. The molecule has 0 aliphatic rings. The van der Waals surface area contributed by atoms with E-state index in [9.17, 15) is 19.0 Å². The van der Waals surface area contributed by atoms with Gasteiger partial charge < -0.3 is 19.8 Å². The maximum absolute atomic E-state index is 12.2. The lowest BCUT2D eigenvalue weighted by Crippen LogP contribution is -2.19. The van der Waals surface area contributed by atoms with Crippen LogP contribution < -0.4 is 4.74 Å². The molecule has 0 amide bonds. The van der Waals surface area contributed by atoms with Crippen LogP contribution in [-0.2, 0) is 20.3 Å². The van der Waals surface area contributed by atoms with Crippen LogP contribution in [-0.4, -0.2) is 40.3 Å². The van der Waals surface area contributed by atoms with E-state index in [1.165, 1.54) is 7.11 Å². The standard InChI is InChI=1S/C14H19O7P/c1-21-12-5-2-10(3-6-12)8-22(19,20)9-11(14(17)18)4-7-13(15)16/h2-3,5-6,11H,4,7-9H2,1H3,(H,15,16)(H,17,18)(H,19,20)/t11-/m0/s1. The summed E-state index contributed by atoms with van der Waals surface area (Å²) >= 11 is 0. The first kappa shape index (κ1) is 18.2. The number of benzene rings is 1. The molecule has 0 fully saturated rings. The second-order valence-corrected chi connectivity index (χ2v) is 7.38. The van der Waals surface area contributed by atoms with E-state index in [2.05, 4.69) is 0 Å². The Balaban J connectivity index is 2.71. The molecule has 0 heterocycles. The SMILES string of the molecule is COc1ccc(CP(=O)(O)C[C@H](CCC(=O)O)C(=O)O)cc1. The highest BCUT2D eigenvalue weighted by Gasteiger charge is 2.29. The average Bonchev–Trinajstić information content (AvgIpc) is 2.43. The fraction of sp³-hybridized carbons (Fsp3) is 0.429. The van der Waals surface area contributed by atoms with E-state index in [0.717, 1.165) is 0 Å². The van der Waals surface area contributed by atoms with E-state index >= 15 is 0 Å². The van der Waals surface area contributed by atoms with Gasteiger partial charge in [0.15, 0.2) is 0 Å². The summed E-state index contributed by atoms with van der Waals surface area (Å²) in [5.74, 6) is -2.92. The van der Waals surface area contributed by atoms with Gasteiger partial charge in [-0.3, -0.25) is 14.2 Å². The van der Waals surface area contributed by atoms with Crippen LogP contribution in [0.2, 0.25) is 0 Å². The molecular formula is C14H19O7P. The zero-order valence-corrected chi connectivity index (χ0v) is 13.0. The van der Waals surface area contributed by atoms with Crippen molar-refractivity contribution in [2.75, 3.05) is 13.3 Å². The number of carboxylic acid groups (broad SMARTS) is 2. The molecule has 22 heavy (non-hydrogen) atoms. The fourth-order valence-corrected chi connectivity index (χ4v) is 3.95. The number of carbonyl (C=O) groups is 2. The van der Waals surface area contributed by atoms with Gasteiger partial charge in [-0.05, 0) is 24.1 Å². The van der Waals surface area contributed by atoms with E-state index < -0.39 is 31.4 Å². The molecule has 0 radical (unpaired) electrons. The number of hydrogen-bond donors (Lipinski definition) is 3. The van der Waals surface area contributed by atoms with Gasteiger partial charge in [0.2, 0.25) is 7.37 Å². The van der Waals surface area contributed by atoms with Gasteiger partial charge in [0, 0.05) is 18.7 Å². The van der Waals surface area contributed by atoms with Crippen LogP contribution >= 0.6 is 7.37 Å². The van der Waals surface area contributed by atoms with Gasteiger partial charge in [0.25, 0.3) is 0 Å². The summed E-state index contributed by atoms with van der Waals surface area (Å²) < 4.78 is 17.2. The molecule has 0 spiro atoms. The Morgan fingerprint density at radius 3 is 2.27 bits per heavy atom. The molecule has 1 rings (SSSR count). The number of ether oxygens (including phenoxy) is 1. The van der Waals surface area contributed by atoms with Crippen molar-refractivity contribution in [2.45, 2.75) is 19.0 Å². The summed E-state index contributed by atoms with van der Waals surface area (Å²) in [7, 11) is -2.22. The van der Waals surface area contributed by atoms with Crippen molar-refractivity contribution in [1.29, 1.82) is 0 Å². The number of carboxylic acids is 2. The van der Waals surface area contributed by atoms with E-state index in [1.54, 1.807) is 24.3 Å². The molecule has 2 atom stereocenters. The van der Waals surface area contributed by atoms with E-state index in [1.807, 2.05) is 0 Å². The van der Waals surface area contributed by atoms with Crippen LogP contribution in [0.1, 0.15) is 18.4 Å². The van der Waals surface area contributed by atoms with Gasteiger partial charge >= 0.3 is 11.9 Å². The molecule has 0 aliphatic heterocycles. The van der Waals surface area contributed by atoms with Crippen molar-refractivity contribution in [1.82, 2.24) is 0 Å². The molecule has 0 aromatic heterocycles. The van der Waals surface area contributed by atoms with Gasteiger partial charge in [0.1, 0.15) is 5.75 Å². The number of rotatable bonds is 9. The Hall–Kier alpha value is -1.85. The summed E-state index contributed by atoms with van der Waals surface area (Å²) in [4.78, 5) is 31.6. The molecule has 8 heteroatoms. The molecule has 7 nitrogen and oxygen atoms in total. The molecular weight excluding hydrogens is 311 g/mol. The lowest BCUT2D eigenvalue weighted by molar-refractivity contribution is -0.142. The third-order valence-electron chi connectivity index (χ3n) is 3.15. The molecule has 1 unspecified atom stereocenters. The van der Waals surface area contributed by atoms with Crippen LogP contribution in [0.4, 0.5) is 0 Å². The largest absolute Gasteiger partial charge is 0.497 e. The van der Waals surface area contributed by atoms with Crippen molar-refractivity contribution in [2.24, 2.45) is 5.92 Å². The van der Waals surface area contributed by atoms with E-state index in [-0.39, 0.29) is 19.0 Å². The minimum atomic E-state index is -3.72. The average molecular weight is 330 g/mol. The zero-order valence-electron chi connectivity index (χ0n) is 12.1. The third-order valence-corrected chi connectivity index (χ3v) is 5.02. The zero-order chi connectivity index (χ0) is 16.8. The van der Waals surface area contributed by atoms with Crippen molar-refractivity contribution in [3.8, 4) is 5.75 Å². The lowest BCUT2D eigenvalue weighted by Gasteiger charge is -2.17. The highest BCUT2D eigenvalue weighted by molar-refractivity contribution is 7.57. The van der Waals surface area contributed by atoms with E-state index in [0.29, 0.717) is 11.3 Å². The molecule has 3 N–H and O–H groups in total. The van der Waals surface area contributed by atoms with Crippen molar-refractivity contribution in [3.05, 3.63) is 29.8 Å². The smallest absolute Gasteiger partial charge is 0.307 e. The minimum absolute atomic E-state index is 0.159. The normalized spacial score (nSPS) is 14.8. The topological polar surface area (TPSA) is 121 Å². The molecule has 0 aliphatic carbocycles.